The number of methoxy groups -OCH3 is 2. The number of ketones is 1. The number of ether oxygens (including phenoxy) is 3. The highest BCUT2D eigenvalue weighted by Crippen LogP contribution is 2.37. The fourth-order valence-corrected chi connectivity index (χ4v) is 4.54. The van der Waals surface area contributed by atoms with E-state index in [4.69, 9.17) is 14.2 Å². The van der Waals surface area contributed by atoms with Crippen molar-refractivity contribution in [3.05, 3.63) is 101 Å². The van der Waals surface area contributed by atoms with Gasteiger partial charge in [0.2, 0.25) is 5.43 Å². The first-order valence-electron chi connectivity index (χ1n) is 13.0. The van der Waals surface area contributed by atoms with Crippen molar-refractivity contribution < 1.29 is 23.4 Å². The summed E-state index contributed by atoms with van der Waals surface area (Å²) in [7, 11) is 3.11. The molecule has 9 nitrogen and oxygen atoms in total. The Bertz CT molecular complexity index is 1820. The number of carbonyl (C=O) groups excluding carboxylic acids is 1. The summed E-state index contributed by atoms with van der Waals surface area (Å²) in [6, 6.07) is 14.4. The molecule has 41 heavy (non-hydrogen) atoms. The van der Waals surface area contributed by atoms with Gasteiger partial charge in [0.05, 0.1) is 38.4 Å². The number of carbonyl (C=O) groups is 1. The maximum Gasteiger partial charge on any atom is 0.219 e. The minimum Gasteiger partial charge on any atom is -0.493 e. The van der Waals surface area contributed by atoms with Crippen LogP contribution in [0.1, 0.15) is 35.1 Å². The summed E-state index contributed by atoms with van der Waals surface area (Å²) in [6.45, 7) is 0. The Hall–Kier alpha value is -5.12. The van der Waals surface area contributed by atoms with Gasteiger partial charge in [0.15, 0.2) is 23.0 Å². The Morgan fingerprint density at radius 3 is 2.41 bits per heavy atom. The number of halogens is 1. The van der Waals surface area contributed by atoms with Crippen molar-refractivity contribution in [2.45, 2.75) is 25.3 Å². The Balaban J connectivity index is 1.24. The van der Waals surface area contributed by atoms with Gasteiger partial charge >= 0.3 is 0 Å². The van der Waals surface area contributed by atoms with Crippen molar-refractivity contribution >= 4 is 16.7 Å². The third-order valence-corrected chi connectivity index (χ3v) is 6.85. The van der Waals surface area contributed by atoms with Crippen molar-refractivity contribution in [1.29, 1.82) is 0 Å². The summed E-state index contributed by atoms with van der Waals surface area (Å²) in [4.78, 5) is 35.3. The molecule has 0 atom stereocenters. The molecule has 3 heterocycles. The topological polar surface area (TPSA) is 105 Å². The molecule has 10 heteroatoms. The van der Waals surface area contributed by atoms with Crippen LogP contribution in [-0.4, -0.2) is 39.8 Å². The van der Waals surface area contributed by atoms with E-state index in [1.54, 1.807) is 61.6 Å². The van der Waals surface area contributed by atoms with Crippen LogP contribution in [0.5, 0.6) is 23.0 Å². The standard InChI is InChI=1S/C31H25FN4O5/c1-39-28-14-23-25(15-29(28)40-2)33-12-11-27(23)41-22-10-7-20(34-16-22)13-26(37)30-31(38)24(17-36(35-30)21-8-9-21)18-3-5-19(32)6-4-18/h3-7,10-12,14-17,21H,8-9,13H2,1-2H3. The van der Waals surface area contributed by atoms with E-state index in [2.05, 4.69) is 15.1 Å². The number of nitrogens with zero attached hydrogens (tertiary/aromatic N) is 4. The number of pyridine rings is 2. The van der Waals surface area contributed by atoms with Crippen LogP contribution < -0.4 is 19.6 Å². The number of rotatable bonds is 9. The van der Waals surface area contributed by atoms with E-state index in [1.807, 2.05) is 0 Å². The number of hydrogen-bond donors (Lipinski definition) is 0. The first-order valence-corrected chi connectivity index (χ1v) is 13.0. The van der Waals surface area contributed by atoms with Crippen molar-refractivity contribution in [3.63, 3.8) is 0 Å². The van der Waals surface area contributed by atoms with Crippen LogP contribution in [0.4, 0.5) is 4.39 Å². The summed E-state index contributed by atoms with van der Waals surface area (Å²) < 4.78 is 32.0. The van der Waals surface area contributed by atoms with Gasteiger partial charge in [-0.15, -0.1) is 0 Å². The van der Waals surface area contributed by atoms with E-state index in [0.29, 0.717) is 45.3 Å². The Labute approximate surface area is 234 Å². The number of fused-ring (bicyclic) bond motifs is 1. The second-order valence-corrected chi connectivity index (χ2v) is 9.66. The normalized spacial score (nSPS) is 12.8. The summed E-state index contributed by atoms with van der Waals surface area (Å²) in [6.07, 6.45) is 6.51. The molecule has 5 aromatic rings. The molecule has 0 unspecified atom stereocenters. The second kappa shape index (κ2) is 10.8. The Morgan fingerprint density at radius 1 is 0.976 bits per heavy atom. The zero-order valence-corrected chi connectivity index (χ0v) is 22.3. The monoisotopic (exact) mass is 552 g/mol. The van der Waals surface area contributed by atoms with E-state index in [0.717, 1.165) is 18.2 Å². The molecule has 1 aliphatic carbocycles. The smallest absolute Gasteiger partial charge is 0.219 e. The molecular weight excluding hydrogens is 527 g/mol. The van der Waals surface area contributed by atoms with Crippen molar-refractivity contribution in [2.75, 3.05) is 14.2 Å². The predicted molar refractivity (Wildman–Crippen MR) is 149 cm³/mol. The van der Waals surface area contributed by atoms with Crippen molar-refractivity contribution in [3.8, 4) is 34.1 Å². The zero-order valence-electron chi connectivity index (χ0n) is 22.3. The third-order valence-electron chi connectivity index (χ3n) is 6.85. The minimum atomic E-state index is -0.491. The van der Waals surface area contributed by atoms with Crippen LogP contribution in [0.2, 0.25) is 0 Å². The fourth-order valence-electron chi connectivity index (χ4n) is 4.54. The van der Waals surface area contributed by atoms with Gasteiger partial charge in [0.1, 0.15) is 17.3 Å². The average Bonchev–Trinajstić information content (AvgIpc) is 3.84. The highest BCUT2D eigenvalue weighted by Gasteiger charge is 2.27. The van der Waals surface area contributed by atoms with E-state index < -0.39 is 17.0 Å². The quantitative estimate of drug-likeness (QED) is 0.219. The molecule has 0 radical (unpaired) electrons. The van der Waals surface area contributed by atoms with Crippen molar-refractivity contribution in [2.24, 2.45) is 0 Å². The maximum absolute atomic E-state index is 13.5. The maximum atomic E-state index is 13.5. The van der Waals surface area contributed by atoms with Crippen LogP contribution in [0.15, 0.2) is 78.0 Å². The third kappa shape index (κ3) is 5.36. The van der Waals surface area contributed by atoms with Crippen LogP contribution >= 0.6 is 0 Å². The lowest BCUT2D eigenvalue weighted by atomic mass is 10.0. The molecule has 0 amide bonds. The van der Waals surface area contributed by atoms with Crippen LogP contribution in [0, 0.1) is 5.82 Å². The van der Waals surface area contributed by atoms with E-state index in [9.17, 15) is 14.0 Å². The van der Waals surface area contributed by atoms with Gasteiger partial charge in [-0.1, -0.05) is 12.1 Å². The predicted octanol–water partition coefficient (Wildman–Crippen LogP) is 5.56. The van der Waals surface area contributed by atoms with Crippen LogP contribution in [0.3, 0.4) is 0 Å². The summed E-state index contributed by atoms with van der Waals surface area (Å²) in [5.41, 5.74) is 1.32. The molecule has 0 saturated heterocycles. The van der Waals surface area contributed by atoms with E-state index in [1.165, 1.54) is 30.5 Å². The number of aromatic nitrogens is 4. The molecule has 2 aromatic carbocycles. The van der Waals surface area contributed by atoms with Crippen LogP contribution in [-0.2, 0) is 6.42 Å². The molecule has 1 aliphatic rings. The SMILES string of the molecule is COc1cc2nccc(Oc3ccc(CC(=O)c4nn(C5CC5)cc(-c5ccc(F)cc5)c4=O)nc3)c2cc1OC. The largest absolute Gasteiger partial charge is 0.493 e. The first-order chi connectivity index (χ1) is 19.9. The first kappa shape index (κ1) is 26.1. The van der Waals surface area contributed by atoms with Gasteiger partial charge in [-0.3, -0.25) is 24.2 Å². The van der Waals surface area contributed by atoms with Gasteiger partial charge in [0, 0.05) is 35.1 Å². The van der Waals surface area contributed by atoms with Crippen molar-refractivity contribution in [1.82, 2.24) is 19.7 Å². The highest BCUT2D eigenvalue weighted by atomic mass is 19.1. The van der Waals surface area contributed by atoms with Gasteiger partial charge in [-0.05, 0) is 54.8 Å². The highest BCUT2D eigenvalue weighted by molar-refractivity contribution is 5.96. The average molecular weight is 553 g/mol. The summed E-state index contributed by atoms with van der Waals surface area (Å²) in [5, 5.41) is 5.09. The number of hydrogen-bond acceptors (Lipinski definition) is 8. The lowest BCUT2D eigenvalue weighted by molar-refractivity contribution is 0.0983. The fraction of sp³-hybridized carbons (Fsp3) is 0.194. The molecule has 0 N–H and O–H groups in total. The molecule has 1 saturated carbocycles. The molecule has 206 valence electrons. The molecule has 0 spiro atoms. The van der Waals surface area contributed by atoms with Gasteiger partial charge in [0.25, 0.3) is 0 Å². The van der Waals surface area contributed by atoms with Gasteiger partial charge in [-0.25, -0.2) is 4.39 Å². The number of Topliss-reactive ketones (excluding diaryl/α,β-unsaturated/α-hetero) is 1. The lowest BCUT2D eigenvalue weighted by Crippen LogP contribution is -2.25. The summed E-state index contributed by atoms with van der Waals surface area (Å²) >= 11 is 0. The number of benzene rings is 2. The molecule has 0 bridgehead atoms. The molecular formula is C31H25FN4O5. The zero-order chi connectivity index (χ0) is 28.5. The Kier molecular flexibility index (Phi) is 6.88. The molecule has 6 rings (SSSR count). The van der Waals surface area contributed by atoms with E-state index in [-0.39, 0.29) is 18.2 Å². The van der Waals surface area contributed by atoms with Crippen LogP contribution in [0.25, 0.3) is 22.0 Å². The lowest BCUT2D eigenvalue weighted by Gasteiger charge is -2.12. The Morgan fingerprint density at radius 2 is 1.73 bits per heavy atom. The van der Waals surface area contributed by atoms with E-state index >= 15 is 0 Å². The van der Waals surface area contributed by atoms with Gasteiger partial charge < -0.3 is 14.2 Å². The molecule has 0 aliphatic heterocycles. The summed E-state index contributed by atoms with van der Waals surface area (Å²) in [5.74, 6) is 1.25. The molecule has 1 fully saturated rings. The second-order valence-electron chi connectivity index (χ2n) is 9.66. The minimum absolute atomic E-state index is 0.116. The van der Waals surface area contributed by atoms with Gasteiger partial charge in [-0.2, -0.15) is 5.10 Å². The molecule has 3 aromatic heterocycles.